The number of nitrogens with zero attached hydrogens (tertiary/aromatic N) is 1. The van der Waals surface area contributed by atoms with Crippen LogP contribution < -0.4 is 5.32 Å². The van der Waals surface area contributed by atoms with Gasteiger partial charge in [-0.2, -0.15) is 11.3 Å². The maximum absolute atomic E-state index is 11.8. The Balaban J connectivity index is 1.71. The van der Waals surface area contributed by atoms with E-state index in [0.29, 0.717) is 19.8 Å². The van der Waals surface area contributed by atoms with Gasteiger partial charge in [-0.05, 0) is 28.8 Å². The highest BCUT2D eigenvalue weighted by Crippen LogP contribution is 2.12. The quantitative estimate of drug-likeness (QED) is 0.872. The largest absolute Gasteiger partial charge is 0.378 e. The van der Waals surface area contributed by atoms with Crippen LogP contribution in [0.25, 0.3) is 0 Å². The Bertz CT molecular complexity index is 372. The van der Waals surface area contributed by atoms with Gasteiger partial charge in [0.25, 0.3) is 0 Å². The van der Waals surface area contributed by atoms with Crippen LogP contribution >= 0.6 is 11.3 Å². The first kappa shape index (κ1) is 12.5. The van der Waals surface area contributed by atoms with E-state index in [1.54, 1.807) is 11.3 Å². The summed E-state index contributed by atoms with van der Waals surface area (Å²) < 4.78 is 5.22. The van der Waals surface area contributed by atoms with Crippen LogP contribution in [0.3, 0.4) is 0 Å². The van der Waals surface area contributed by atoms with Crippen molar-refractivity contribution in [3.05, 3.63) is 21.9 Å². The first-order valence-corrected chi connectivity index (χ1v) is 6.79. The number of aryl methyl sites for hydroxylation is 1. The minimum atomic E-state index is 0.168. The first-order chi connectivity index (χ1) is 8.27. The second kappa shape index (κ2) is 6.14. The molecule has 17 heavy (non-hydrogen) atoms. The van der Waals surface area contributed by atoms with Gasteiger partial charge in [-0.1, -0.05) is 0 Å². The Hall–Kier alpha value is -0.910. The molecular weight excluding hydrogens is 236 g/mol. The van der Waals surface area contributed by atoms with Crippen molar-refractivity contribution in [3.8, 4) is 0 Å². The highest BCUT2D eigenvalue weighted by atomic mass is 32.1. The number of ether oxygens (including phenoxy) is 1. The van der Waals surface area contributed by atoms with Crippen molar-refractivity contribution < 1.29 is 9.53 Å². The molecule has 1 aromatic heterocycles. The zero-order valence-electron chi connectivity index (χ0n) is 10.1. The van der Waals surface area contributed by atoms with Crippen LogP contribution in [-0.4, -0.2) is 43.7 Å². The average molecular weight is 254 g/mol. The number of carbonyl (C=O) groups excluding carboxylic acids is 1. The topological polar surface area (TPSA) is 41.6 Å². The molecular formula is C12H18N2O2S. The lowest BCUT2D eigenvalue weighted by Crippen LogP contribution is -2.44. The number of amides is 1. The van der Waals surface area contributed by atoms with E-state index in [9.17, 15) is 4.79 Å². The van der Waals surface area contributed by atoms with Crippen molar-refractivity contribution >= 4 is 17.2 Å². The molecule has 0 aliphatic carbocycles. The number of carbonyl (C=O) groups is 1. The Kier molecular flexibility index (Phi) is 4.53. The van der Waals surface area contributed by atoms with Crippen LogP contribution in [-0.2, 0) is 16.1 Å². The standard InChI is InChI=1S/C12H18N2O2S/c1-10-8-17-9-11(10)6-13-7-12(15)14-2-4-16-5-3-14/h8-9,13H,2-7H2,1H3. The highest BCUT2D eigenvalue weighted by molar-refractivity contribution is 7.08. The van der Waals surface area contributed by atoms with Crippen molar-refractivity contribution in [2.75, 3.05) is 32.8 Å². The smallest absolute Gasteiger partial charge is 0.236 e. The van der Waals surface area contributed by atoms with E-state index in [1.807, 2.05) is 4.90 Å². The molecule has 1 amide bonds. The summed E-state index contributed by atoms with van der Waals surface area (Å²) in [5.74, 6) is 0.168. The molecule has 5 heteroatoms. The second-order valence-electron chi connectivity index (χ2n) is 4.18. The van der Waals surface area contributed by atoms with Crippen molar-refractivity contribution in [2.24, 2.45) is 0 Å². The molecule has 1 N–H and O–H groups in total. The number of hydrogen-bond acceptors (Lipinski definition) is 4. The Morgan fingerprint density at radius 1 is 1.47 bits per heavy atom. The molecule has 2 heterocycles. The van der Waals surface area contributed by atoms with Crippen LogP contribution in [0.1, 0.15) is 11.1 Å². The first-order valence-electron chi connectivity index (χ1n) is 5.85. The Morgan fingerprint density at radius 3 is 2.88 bits per heavy atom. The number of rotatable bonds is 4. The molecule has 0 bridgehead atoms. The Morgan fingerprint density at radius 2 is 2.24 bits per heavy atom. The summed E-state index contributed by atoms with van der Waals surface area (Å²) in [6.07, 6.45) is 0. The van der Waals surface area contributed by atoms with Crippen molar-refractivity contribution in [3.63, 3.8) is 0 Å². The van der Waals surface area contributed by atoms with Crippen molar-refractivity contribution in [1.82, 2.24) is 10.2 Å². The van der Waals surface area contributed by atoms with Gasteiger partial charge in [0, 0.05) is 19.6 Å². The molecule has 0 unspecified atom stereocenters. The molecule has 2 rings (SSSR count). The number of nitrogens with one attached hydrogen (secondary N) is 1. The summed E-state index contributed by atoms with van der Waals surface area (Å²) >= 11 is 1.70. The monoisotopic (exact) mass is 254 g/mol. The van der Waals surface area contributed by atoms with E-state index in [2.05, 4.69) is 23.0 Å². The fourth-order valence-electron chi connectivity index (χ4n) is 1.80. The SMILES string of the molecule is Cc1cscc1CNCC(=O)N1CCOCC1. The van der Waals surface area contributed by atoms with Gasteiger partial charge in [-0.3, -0.25) is 4.79 Å². The third-order valence-corrected chi connectivity index (χ3v) is 3.83. The second-order valence-corrected chi connectivity index (χ2v) is 4.92. The van der Waals surface area contributed by atoms with Crippen LogP contribution in [0, 0.1) is 6.92 Å². The minimum Gasteiger partial charge on any atom is -0.378 e. The van der Waals surface area contributed by atoms with Crippen LogP contribution in [0.4, 0.5) is 0 Å². The van der Waals surface area contributed by atoms with Crippen molar-refractivity contribution in [2.45, 2.75) is 13.5 Å². The molecule has 0 aromatic carbocycles. The summed E-state index contributed by atoms with van der Waals surface area (Å²) in [5.41, 5.74) is 2.58. The van der Waals surface area contributed by atoms with Crippen molar-refractivity contribution in [1.29, 1.82) is 0 Å². The summed E-state index contributed by atoms with van der Waals surface area (Å²) in [5, 5.41) is 7.45. The van der Waals surface area contributed by atoms with E-state index in [0.717, 1.165) is 19.6 Å². The molecule has 4 nitrogen and oxygen atoms in total. The number of morpholine rings is 1. The van der Waals surface area contributed by atoms with Gasteiger partial charge >= 0.3 is 0 Å². The van der Waals surface area contributed by atoms with Crippen LogP contribution in [0.15, 0.2) is 10.8 Å². The molecule has 94 valence electrons. The lowest BCUT2D eigenvalue weighted by Gasteiger charge is -2.26. The zero-order chi connectivity index (χ0) is 12.1. The normalized spacial score (nSPS) is 16.2. The van der Waals surface area contributed by atoms with E-state index in [-0.39, 0.29) is 5.91 Å². The molecule has 0 saturated carbocycles. The molecule has 1 saturated heterocycles. The van der Waals surface area contributed by atoms with Gasteiger partial charge in [0.15, 0.2) is 0 Å². The third kappa shape index (κ3) is 3.52. The zero-order valence-corrected chi connectivity index (χ0v) is 10.9. The predicted molar refractivity (Wildman–Crippen MR) is 68.2 cm³/mol. The van der Waals surface area contributed by atoms with Gasteiger partial charge in [-0.15, -0.1) is 0 Å². The summed E-state index contributed by atoms with van der Waals surface area (Å²) in [6.45, 7) is 6.04. The van der Waals surface area contributed by atoms with Gasteiger partial charge in [0.1, 0.15) is 0 Å². The van der Waals surface area contributed by atoms with E-state index < -0.39 is 0 Å². The maximum atomic E-state index is 11.8. The van der Waals surface area contributed by atoms with E-state index in [1.165, 1.54) is 11.1 Å². The van der Waals surface area contributed by atoms with Gasteiger partial charge < -0.3 is 15.0 Å². The molecule has 1 aromatic rings. The summed E-state index contributed by atoms with van der Waals surface area (Å²) in [4.78, 5) is 13.7. The summed E-state index contributed by atoms with van der Waals surface area (Å²) in [6, 6.07) is 0. The fourth-order valence-corrected chi connectivity index (χ4v) is 2.65. The summed E-state index contributed by atoms with van der Waals surface area (Å²) in [7, 11) is 0. The molecule has 0 spiro atoms. The Labute approximate surface area is 106 Å². The highest BCUT2D eigenvalue weighted by Gasteiger charge is 2.15. The van der Waals surface area contributed by atoms with Gasteiger partial charge in [-0.25, -0.2) is 0 Å². The lowest BCUT2D eigenvalue weighted by molar-refractivity contribution is -0.134. The molecule has 1 aliphatic rings. The number of hydrogen-bond donors (Lipinski definition) is 1. The molecule has 0 radical (unpaired) electrons. The lowest BCUT2D eigenvalue weighted by atomic mass is 10.2. The third-order valence-electron chi connectivity index (χ3n) is 2.92. The molecule has 1 fully saturated rings. The maximum Gasteiger partial charge on any atom is 0.236 e. The van der Waals surface area contributed by atoms with Gasteiger partial charge in [0.2, 0.25) is 5.91 Å². The average Bonchev–Trinajstić information content (AvgIpc) is 2.76. The molecule has 1 aliphatic heterocycles. The number of thiophene rings is 1. The molecule has 0 atom stereocenters. The van der Waals surface area contributed by atoms with E-state index >= 15 is 0 Å². The van der Waals surface area contributed by atoms with Crippen LogP contribution in [0.2, 0.25) is 0 Å². The predicted octanol–water partition coefficient (Wildman–Crippen LogP) is 1.00. The minimum absolute atomic E-state index is 0.168. The van der Waals surface area contributed by atoms with Gasteiger partial charge in [0.05, 0.1) is 19.8 Å². The fraction of sp³-hybridized carbons (Fsp3) is 0.583. The van der Waals surface area contributed by atoms with Crippen LogP contribution in [0.5, 0.6) is 0 Å². The van der Waals surface area contributed by atoms with E-state index in [4.69, 9.17) is 4.74 Å².